The Bertz CT molecular complexity index is 235. The van der Waals surface area contributed by atoms with Crippen LogP contribution in [0.5, 0.6) is 0 Å². The number of nitrogens with one attached hydrogen (secondary N) is 1. The summed E-state index contributed by atoms with van der Waals surface area (Å²) >= 11 is 1.95. The highest BCUT2D eigenvalue weighted by Gasteiger charge is 2.25. The van der Waals surface area contributed by atoms with Crippen molar-refractivity contribution in [1.29, 1.82) is 0 Å². The maximum Gasteiger partial charge on any atom is 0.317 e. The van der Waals surface area contributed by atoms with Crippen molar-refractivity contribution < 1.29 is 4.79 Å². The second-order valence-corrected chi connectivity index (χ2v) is 6.06. The van der Waals surface area contributed by atoms with Crippen LogP contribution in [0.2, 0.25) is 0 Å². The van der Waals surface area contributed by atoms with Crippen molar-refractivity contribution in [3.8, 4) is 0 Å². The number of nitrogens with zero attached hydrogens (tertiary/aromatic N) is 1. The van der Waals surface area contributed by atoms with Crippen LogP contribution in [0, 0.1) is 0 Å². The highest BCUT2D eigenvalue weighted by atomic mass is 32.2. The molecular formula is C12H22N2OS. The third kappa shape index (κ3) is 3.06. The van der Waals surface area contributed by atoms with Gasteiger partial charge in [0.25, 0.3) is 0 Å². The Morgan fingerprint density at radius 1 is 1.25 bits per heavy atom. The van der Waals surface area contributed by atoms with Crippen LogP contribution in [0.4, 0.5) is 4.79 Å². The molecule has 0 bridgehead atoms. The molecule has 0 aromatic heterocycles. The molecule has 0 aromatic carbocycles. The van der Waals surface area contributed by atoms with E-state index in [1.54, 1.807) is 0 Å². The van der Waals surface area contributed by atoms with E-state index in [4.69, 9.17) is 0 Å². The summed E-state index contributed by atoms with van der Waals surface area (Å²) in [6.07, 6.45) is 7.36. The predicted molar refractivity (Wildman–Crippen MR) is 68.9 cm³/mol. The molecule has 0 spiro atoms. The van der Waals surface area contributed by atoms with E-state index >= 15 is 0 Å². The molecule has 1 saturated heterocycles. The van der Waals surface area contributed by atoms with Gasteiger partial charge in [-0.1, -0.05) is 19.3 Å². The molecule has 1 saturated carbocycles. The molecule has 4 heteroatoms. The molecule has 2 amide bonds. The van der Waals surface area contributed by atoms with Crippen molar-refractivity contribution >= 4 is 17.8 Å². The minimum absolute atomic E-state index is 0.138. The van der Waals surface area contributed by atoms with Crippen LogP contribution < -0.4 is 5.32 Å². The lowest BCUT2D eigenvalue weighted by Crippen LogP contribution is -2.47. The smallest absolute Gasteiger partial charge is 0.317 e. The predicted octanol–water partition coefficient (Wildman–Crippen LogP) is 2.47. The SMILES string of the molecule is CN(C(=O)NC1CCCCC1)C1CCSC1. The third-order valence-electron chi connectivity index (χ3n) is 3.71. The summed E-state index contributed by atoms with van der Waals surface area (Å²) in [6, 6.07) is 1.02. The van der Waals surface area contributed by atoms with Gasteiger partial charge in [-0.3, -0.25) is 0 Å². The lowest BCUT2D eigenvalue weighted by molar-refractivity contribution is 0.187. The first kappa shape index (κ1) is 12.1. The van der Waals surface area contributed by atoms with Crippen molar-refractivity contribution in [2.45, 2.75) is 50.6 Å². The van der Waals surface area contributed by atoms with E-state index in [2.05, 4.69) is 5.32 Å². The first-order chi connectivity index (χ1) is 7.77. The summed E-state index contributed by atoms with van der Waals surface area (Å²) in [5.41, 5.74) is 0. The summed E-state index contributed by atoms with van der Waals surface area (Å²) in [5.74, 6) is 2.31. The third-order valence-corrected chi connectivity index (χ3v) is 4.85. The van der Waals surface area contributed by atoms with Crippen molar-refractivity contribution in [2.24, 2.45) is 0 Å². The zero-order valence-corrected chi connectivity index (χ0v) is 10.9. The van der Waals surface area contributed by atoms with Gasteiger partial charge in [0, 0.05) is 24.9 Å². The van der Waals surface area contributed by atoms with Crippen LogP contribution in [-0.4, -0.2) is 41.6 Å². The van der Waals surface area contributed by atoms with E-state index in [1.807, 2.05) is 23.7 Å². The Balaban J connectivity index is 1.77. The second-order valence-electron chi connectivity index (χ2n) is 4.91. The van der Waals surface area contributed by atoms with E-state index in [0.29, 0.717) is 12.1 Å². The molecule has 16 heavy (non-hydrogen) atoms. The number of urea groups is 1. The van der Waals surface area contributed by atoms with Crippen LogP contribution in [0.3, 0.4) is 0 Å². The Hall–Kier alpha value is -0.380. The van der Waals surface area contributed by atoms with Crippen molar-refractivity contribution in [3.63, 3.8) is 0 Å². The first-order valence-electron chi connectivity index (χ1n) is 6.38. The van der Waals surface area contributed by atoms with E-state index < -0.39 is 0 Å². The molecule has 3 nitrogen and oxygen atoms in total. The number of amides is 2. The molecule has 2 fully saturated rings. The Morgan fingerprint density at radius 3 is 2.62 bits per heavy atom. The molecule has 1 N–H and O–H groups in total. The average molecular weight is 242 g/mol. The van der Waals surface area contributed by atoms with Gasteiger partial charge in [-0.25, -0.2) is 4.79 Å². The van der Waals surface area contributed by atoms with E-state index in [-0.39, 0.29) is 6.03 Å². The average Bonchev–Trinajstić information content (AvgIpc) is 2.83. The van der Waals surface area contributed by atoms with E-state index in [9.17, 15) is 4.79 Å². The van der Waals surface area contributed by atoms with Crippen molar-refractivity contribution in [1.82, 2.24) is 10.2 Å². The molecule has 2 aliphatic rings. The molecule has 1 unspecified atom stereocenters. The van der Waals surface area contributed by atoms with Gasteiger partial charge in [0.2, 0.25) is 0 Å². The van der Waals surface area contributed by atoms with E-state index in [1.165, 1.54) is 37.9 Å². The lowest BCUT2D eigenvalue weighted by Gasteiger charge is -2.29. The zero-order valence-electron chi connectivity index (χ0n) is 10.1. The highest BCUT2D eigenvalue weighted by molar-refractivity contribution is 7.99. The van der Waals surface area contributed by atoms with Gasteiger partial charge >= 0.3 is 6.03 Å². The second kappa shape index (κ2) is 5.80. The lowest BCUT2D eigenvalue weighted by atomic mass is 9.96. The quantitative estimate of drug-likeness (QED) is 0.807. The fraction of sp³-hybridized carbons (Fsp3) is 0.917. The number of carbonyl (C=O) groups is 1. The van der Waals surface area contributed by atoms with Gasteiger partial charge in [-0.2, -0.15) is 11.8 Å². The van der Waals surface area contributed by atoms with Crippen LogP contribution >= 0.6 is 11.8 Å². The fourth-order valence-electron chi connectivity index (χ4n) is 2.52. The molecule has 92 valence electrons. The first-order valence-corrected chi connectivity index (χ1v) is 7.54. The molecule has 1 aliphatic heterocycles. The Morgan fingerprint density at radius 2 is 2.00 bits per heavy atom. The topological polar surface area (TPSA) is 32.3 Å². The largest absolute Gasteiger partial charge is 0.335 e. The number of carbonyl (C=O) groups excluding carboxylic acids is 1. The standard InChI is InChI=1S/C12H22N2OS/c1-14(11-7-8-16-9-11)12(15)13-10-5-3-2-4-6-10/h10-11H,2-9H2,1H3,(H,13,15). The fourth-order valence-corrected chi connectivity index (χ4v) is 3.78. The summed E-state index contributed by atoms with van der Waals surface area (Å²) < 4.78 is 0. The van der Waals surface area contributed by atoms with E-state index in [0.717, 1.165) is 12.2 Å². The summed E-state index contributed by atoms with van der Waals surface area (Å²) in [4.78, 5) is 13.9. The molecule has 2 rings (SSSR count). The molecule has 1 atom stereocenters. The molecular weight excluding hydrogens is 220 g/mol. The van der Waals surface area contributed by atoms with Gasteiger partial charge in [-0.15, -0.1) is 0 Å². The highest BCUT2D eigenvalue weighted by Crippen LogP contribution is 2.22. The normalized spacial score (nSPS) is 26.7. The summed E-state index contributed by atoms with van der Waals surface area (Å²) in [5, 5.41) is 3.17. The molecule has 1 aliphatic carbocycles. The van der Waals surface area contributed by atoms with Crippen molar-refractivity contribution in [2.75, 3.05) is 18.6 Å². The summed E-state index contributed by atoms with van der Waals surface area (Å²) in [6.45, 7) is 0. The minimum atomic E-state index is 0.138. The zero-order chi connectivity index (χ0) is 11.4. The Kier molecular flexibility index (Phi) is 4.38. The van der Waals surface area contributed by atoms with Crippen LogP contribution in [-0.2, 0) is 0 Å². The number of hydrogen-bond donors (Lipinski definition) is 1. The molecule has 0 radical (unpaired) electrons. The Labute approximate surface area is 102 Å². The van der Waals surface area contributed by atoms with Gasteiger partial charge in [0.1, 0.15) is 0 Å². The van der Waals surface area contributed by atoms with Crippen LogP contribution in [0.15, 0.2) is 0 Å². The molecule has 0 aromatic rings. The van der Waals surface area contributed by atoms with Gasteiger partial charge in [0.15, 0.2) is 0 Å². The van der Waals surface area contributed by atoms with Gasteiger partial charge in [-0.05, 0) is 25.0 Å². The number of thioether (sulfide) groups is 1. The monoisotopic (exact) mass is 242 g/mol. The number of hydrogen-bond acceptors (Lipinski definition) is 2. The number of rotatable bonds is 2. The van der Waals surface area contributed by atoms with Crippen LogP contribution in [0.1, 0.15) is 38.5 Å². The van der Waals surface area contributed by atoms with Gasteiger partial charge < -0.3 is 10.2 Å². The minimum Gasteiger partial charge on any atom is -0.335 e. The summed E-state index contributed by atoms with van der Waals surface area (Å²) in [7, 11) is 1.94. The van der Waals surface area contributed by atoms with Crippen molar-refractivity contribution in [3.05, 3.63) is 0 Å². The maximum absolute atomic E-state index is 12.0. The van der Waals surface area contributed by atoms with Crippen LogP contribution in [0.25, 0.3) is 0 Å². The maximum atomic E-state index is 12.0. The molecule has 1 heterocycles. The van der Waals surface area contributed by atoms with Gasteiger partial charge in [0.05, 0.1) is 0 Å².